The van der Waals surface area contributed by atoms with Gasteiger partial charge in [-0.05, 0) is 56.7 Å². The van der Waals surface area contributed by atoms with Gasteiger partial charge < -0.3 is 9.30 Å². The Morgan fingerprint density at radius 1 is 1.30 bits per heavy atom. The quantitative estimate of drug-likeness (QED) is 0.728. The Bertz CT molecular complexity index is 715. The van der Waals surface area contributed by atoms with Crippen molar-refractivity contribution in [1.29, 1.82) is 0 Å². The fourth-order valence-electron chi connectivity index (χ4n) is 2.81. The Balaban J connectivity index is 1.69. The number of aromatic nitrogens is 3. The molecule has 0 aliphatic heterocycles. The molecule has 0 radical (unpaired) electrons. The van der Waals surface area contributed by atoms with E-state index in [9.17, 15) is 0 Å². The first-order valence-electron chi connectivity index (χ1n) is 8.11. The highest BCUT2D eigenvalue weighted by Gasteiger charge is 2.29. The maximum atomic E-state index is 5.60. The van der Waals surface area contributed by atoms with Crippen molar-refractivity contribution in [1.82, 2.24) is 19.2 Å². The van der Waals surface area contributed by atoms with E-state index in [0.717, 1.165) is 29.4 Å². The molecule has 2 aromatic rings. The average Bonchev–Trinajstić information content (AvgIpc) is 3.34. The van der Waals surface area contributed by atoms with Crippen LogP contribution in [0.4, 0.5) is 0 Å². The fourth-order valence-corrected chi connectivity index (χ4v) is 3.13. The summed E-state index contributed by atoms with van der Waals surface area (Å²) in [7, 11) is 3.78. The summed E-state index contributed by atoms with van der Waals surface area (Å²) in [5.74, 6) is 2.66. The van der Waals surface area contributed by atoms with Crippen molar-refractivity contribution in [2.75, 3.05) is 14.2 Å². The maximum Gasteiger partial charge on any atom is 0.199 e. The van der Waals surface area contributed by atoms with Crippen LogP contribution in [0.2, 0.25) is 0 Å². The fraction of sp³-hybridized carbons (Fsp3) is 0.529. The van der Waals surface area contributed by atoms with E-state index in [1.807, 2.05) is 16.8 Å². The lowest BCUT2D eigenvalue weighted by atomic mass is 10.2. The number of nitrogens with zero attached hydrogens (tertiary/aromatic N) is 4. The smallest absolute Gasteiger partial charge is 0.199 e. The van der Waals surface area contributed by atoms with E-state index in [4.69, 9.17) is 22.1 Å². The van der Waals surface area contributed by atoms with Crippen LogP contribution in [-0.4, -0.2) is 33.4 Å². The van der Waals surface area contributed by atoms with Crippen LogP contribution in [0.25, 0.3) is 0 Å². The van der Waals surface area contributed by atoms with E-state index in [2.05, 4.69) is 35.6 Å². The first-order chi connectivity index (χ1) is 11.1. The Labute approximate surface area is 142 Å². The lowest BCUT2D eigenvalue weighted by Gasteiger charge is -2.16. The summed E-state index contributed by atoms with van der Waals surface area (Å²) in [5, 5.41) is 4.77. The van der Waals surface area contributed by atoms with Crippen LogP contribution in [0.3, 0.4) is 0 Å². The predicted molar refractivity (Wildman–Crippen MR) is 93.2 cm³/mol. The summed E-state index contributed by atoms with van der Waals surface area (Å²) in [5.41, 5.74) is 1.25. The van der Waals surface area contributed by atoms with Crippen LogP contribution in [0.15, 0.2) is 24.3 Å². The average molecular weight is 332 g/mol. The summed E-state index contributed by atoms with van der Waals surface area (Å²) in [6.45, 7) is 4.59. The molecule has 0 saturated heterocycles. The van der Waals surface area contributed by atoms with Gasteiger partial charge in [-0.25, -0.2) is 4.68 Å². The third kappa shape index (κ3) is 3.64. The molecule has 0 unspecified atom stereocenters. The molecule has 1 saturated carbocycles. The molecule has 5 nitrogen and oxygen atoms in total. The number of hydrogen-bond donors (Lipinski definition) is 0. The maximum absolute atomic E-state index is 5.60. The van der Waals surface area contributed by atoms with Gasteiger partial charge in [-0.2, -0.15) is 5.10 Å². The molecule has 1 heterocycles. The minimum atomic E-state index is 0.616. The van der Waals surface area contributed by atoms with Gasteiger partial charge in [0.05, 0.1) is 13.8 Å². The summed E-state index contributed by atoms with van der Waals surface area (Å²) in [4.78, 5) is 2.22. The first-order valence-corrected chi connectivity index (χ1v) is 8.52. The Hall–Kier alpha value is -1.66. The second-order valence-electron chi connectivity index (χ2n) is 6.16. The minimum Gasteiger partial charge on any atom is -0.497 e. The Kier molecular flexibility index (Phi) is 4.82. The molecule has 1 fully saturated rings. The highest BCUT2D eigenvalue weighted by molar-refractivity contribution is 7.71. The molecule has 3 rings (SSSR count). The van der Waals surface area contributed by atoms with Crippen molar-refractivity contribution in [3.8, 4) is 5.75 Å². The molecule has 0 N–H and O–H groups in total. The second kappa shape index (κ2) is 6.84. The van der Waals surface area contributed by atoms with Gasteiger partial charge in [-0.3, -0.25) is 4.90 Å². The highest BCUT2D eigenvalue weighted by Crippen LogP contribution is 2.39. The van der Waals surface area contributed by atoms with Crippen molar-refractivity contribution in [2.45, 2.75) is 45.4 Å². The van der Waals surface area contributed by atoms with Gasteiger partial charge in [0.25, 0.3) is 0 Å². The van der Waals surface area contributed by atoms with Gasteiger partial charge in [0, 0.05) is 19.0 Å². The van der Waals surface area contributed by atoms with Gasteiger partial charge in [-0.1, -0.05) is 12.1 Å². The van der Waals surface area contributed by atoms with Crippen LogP contribution in [-0.2, 0) is 19.8 Å². The topological polar surface area (TPSA) is 35.2 Å². The number of hydrogen-bond acceptors (Lipinski definition) is 4. The molecular weight excluding hydrogens is 308 g/mol. The van der Waals surface area contributed by atoms with Crippen molar-refractivity contribution < 1.29 is 4.74 Å². The van der Waals surface area contributed by atoms with Crippen LogP contribution in [0.5, 0.6) is 5.75 Å². The molecular formula is C17H24N4OS. The minimum absolute atomic E-state index is 0.616. The monoisotopic (exact) mass is 332 g/mol. The third-order valence-corrected chi connectivity index (χ3v) is 4.63. The number of methoxy groups -OCH3 is 1. The standard InChI is InChI=1S/C17H24N4OS/c1-4-20-16(14-7-8-14)18-21(17(20)23)12-19(2)11-13-5-9-15(22-3)10-6-13/h5-6,9-10,14H,4,7-8,11-12H2,1-3H3. The van der Waals surface area contributed by atoms with Crippen LogP contribution >= 0.6 is 12.2 Å². The van der Waals surface area contributed by atoms with Gasteiger partial charge in [0.1, 0.15) is 11.6 Å². The van der Waals surface area contributed by atoms with Gasteiger partial charge in [0.15, 0.2) is 4.77 Å². The molecule has 0 spiro atoms. The molecule has 1 aromatic heterocycles. The molecule has 0 amide bonds. The first kappa shape index (κ1) is 16.2. The largest absolute Gasteiger partial charge is 0.497 e. The molecule has 23 heavy (non-hydrogen) atoms. The van der Waals surface area contributed by atoms with E-state index in [0.29, 0.717) is 12.6 Å². The lowest BCUT2D eigenvalue weighted by molar-refractivity contribution is 0.243. The predicted octanol–water partition coefficient (Wildman–Crippen LogP) is 3.41. The van der Waals surface area contributed by atoms with Gasteiger partial charge in [-0.15, -0.1) is 0 Å². The van der Waals surface area contributed by atoms with Crippen LogP contribution in [0.1, 0.15) is 37.1 Å². The van der Waals surface area contributed by atoms with Crippen molar-refractivity contribution in [3.63, 3.8) is 0 Å². The molecule has 124 valence electrons. The van der Waals surface area contributed by atoms with Crippen LogP contribution in [0, 0.1) is 4.77 Å². The summed E-state index contributed by atoms with van der Waals surface area (Å²) < 4.78 is 10.2. The number of benzene rings is 1. The van der Waals surface area contributed by atoms with E-state index in [1.165, 1.54) is 18.4 Å². The van der Waals surface area contributed by atoms with E-state index < -0.39 is 0 Å². The molecule has 0 bridgehead atoms. The SMILES string of the molecule is CCn1c(C2CC2)nn(CN(C)Cc2ccc(OC)cc2)c1=S. The molecule has 1 aliphatic rings. The zero-order valence-corrected chi connectivity index (χ0v) is 14.8. The zero-order chi connectivity index (χ0) is 16.4. The second-order valence-corrected chi connectivity index (χ2v) is 6.53. The Morgan fingerprint density at radius 2 is 2.00 bits per heavy atom. The van der Waals surface area contributed by atoms with E-state index in [1.54, 1.807) is 7.11 Å². The molecule has 1 aliphatic carbocycles. The number of rotatable bonds is 7. The van der Waals surface area contributed by atoms with Crippen LogP contribution < -0.4 is 4.74 Å². The highest BCUT2D eigenvalue weighted by atomic mass is 32.1. The zero-order valence-electron chi connectivity index (χ0n) is 14.0. The molecule has 6 heteroatoms. The Morgan fingerprint density at radius 3 is 2.57 bits per heavy atom. The van der Waals surface area contributed by atoms with E-state index in [-0.39, 0.29) is 0 Å². The molecule has 0 atom stereocenters. The summed E-state index contributed by atoms with van der Waals surface area (Å²) >= 11 is 5.60. The molecule has 1 aromatic carbocycles. The van der Waals surface area contributed by atoms with E-state index >= 15 is 0 Å². The van der Waals surface area contributed by atoms with Crippen molar-refractivity contribution in [2.24, 2.45) is 0 Å². The summed E-state index contributed by atoms with van der Waals surface area (Å²) in [6.07, 6.45) is 2.49. The van der Waals surface area contributed by atoms with Crippen molar-refractivity contribution in [3.05, 3.63) is 40.4 Å². The van der Waals surface area contributed by atoms with Gasteiger partial charge >= 0.3 is 0 Å². The third-order valence-electron chi connectivity index (χ3n) is 4.20. The van der Waals surface area contributed by atoms with Gasteiger partial charge in [0.2, 0.25) is 0 Å². The lowest BCUT2D eigenvalue weighted by Crippen LogP contribution is -2.22. The van der Waals surface area contributed by atoms with Crippen molar-refractivity contribution >= 4 is 12.2 Å². The summed E-state index contributed by atoms with van der Waals surface area (Å²) in [6, 6.07) is 8.17. The normalized spacial score (nSPS) is 14.4. The number of ether oxygens (including phenoxy) is 1.